The second-order valence-corrected chi connectivity index (χ2v) is 7.37. The Hall–Kier alpha value is -0.460. The molecule has 4 aliphatic rings. The second kappa shape index (κ2) is 4.03. The van der Waals surface area contributed by atoms with Gasteiger partial charge in [0, 0.05) is 12.5 Å². The first-order chi connectivity index (χ1) is 8.08. The Morgan fingerprint density at radius 1 is 1.18 bits per heavy atom. The molecule has 1 aliphatic carbocycles. The Labute approximate surface area is 102 Å². The van der Waals surface area contributed by atoms with Gasteiger partial charge in [-0.1, -0.05) is 0 Å². The van der Waals surface area contributed by atoms with Gasteiger partial charge in [-0.15, -0.1) is 0 Å². The highest BCUT2D eigenvalue weighted by Gasteiger charge is 2.42. The van der Waals surface area contributed by atoms with E-state index in [9.17, 15) is 13.2 Å². The summed E-state index contributed by atoms with van der Waals surface area (Å²) in [5, 5.41) is -0.201. The van der Waals surface area contributed by atoms with Crippen LogP contribution in [0.1, 0.15) is 25.7 Å². The fraction of sp³-hybridized carbons (Fsp3) is 0.909. The third-order valence-corrected chi connectivity index (χ3v) is 6.06. The van der Waals surface area contributed by atoms with Crippen LogP contribution in [-0.4, -0.2) is 50.0 Å². The molecule has 4 fully saturated rings. The first-order valence-corrected chi connectivity index (χ1v) is 7.89. The molecule has 1 N–H and O–H groups in total. The molecule has 6 heteroatoms. The number of carbonyl (C=O) groups excluding carboxylic acids is 1. The van der Waals surface area contributed by atoms with Gasteiger partial charge in [-0.3, -0.25) is 9.69 Å². The molecule has 0 spiro atoms. The van der Waals surface area contributed by atoms with Crippen molar-refractivity contribution in [3.8, 4) is 0 Å². The summed E-state index contributed by atoms with van der Waals surface area (Å²) in [6, 6.07) is -0.212. The molecule has 17 heavy (non-hydrogen) atoms. The molecule has 0 radical (unpaired) electrons. The fourth-order valence-corrected chi connectivity index (χ4v) is 4.25. The monoisotopic (exact) mass is 258 g/mol. The Kier molecular flexibility index (Phi) is 2.76. The third kappa shape index (κ3) is 2.13. The van der Waals surface area contributed by atoms with Crippen LogP contribution in [0.2, 0.25) is 0 Å². The fourth-order valence-electron chi connectivity index (χ4n) is 2.87. The minimum absolute atomic E-state index is 0.176. The van der Waals surface area contributed by atoms with Gasteiger partial charge in [-0.05, 0) is 38.8 Å². The number of Topliss-reactive ketones (excluding diaryl/α,β-unsaturated/α-hetero) is 1. The molecule has 3 saturated heterocycles. The van der Waals surface area contributed by atoms with Gasteiger partial charge in [0.05, 0.1) is 11.3 Å². The van der Waals surface area contributed by atoms with Crippen LogP contribution >= 0.6 is 0 Å². The van der Waals surface area contributed by atoms with Gasteiger partial charge in [0.1, 0.15) is 0 Å². The van der Waals surface area contributed by atoms with Crippen molar-refractivity contribution in [3.63, 3.8) is 0 Å². The summed E-state index contributed by atoms with van der Waals surface area (Å²) < 4.78 is 26.0. The molecule has 0 aromatic heterocycles. The molecule has 2 bridgehead atoms. The molecule has 0 aromatic rings. The zero-order chi connectivity index (χ0) is 12.0. The van der Waals surface area contributed by atoms with E-state index in [1.807, 2.05) is 0 Å². The van der Waals surface area contributed by atoms with Crippen LogP contribution in [0.4, 0.5) is 0 Å². The maximum Gasteiger partial charge on any atom is 0.214 e. The van der Waals surface area contributed by atoms with Crippen LogP contribution in [0.15, 0.2) is 0 Å². The average Bonchev–Trinajstić information content (AvgIpc) is 3.13. The molecule has 4 rings (SSSR count). The van der Waals surface area contributed by atoms with Crippen molar-refractivity contribution in [2.24, 2.45) is 5.92 Å². The number of piperidine rings is 3. The van der Waals surface area contributed by atoms with Gasteiger partial charge in [-0.2, -0.15) is 0 Å². The number of carbonyl (C=O) groups is 1. The van der Waals surface area contributed by atoms with Gasteiger partial charge in [0.25, 0.3) is 0 Å². The molecule has 1 unspecified atom stereocenters. The molecular weight excluding hydrogens is 240 g/mol. The van der Waals surface area contributed by atoms with E-state index in [0.29, 0.717) is 0 Å². The van der Waals surface area contributed by atoms with E-state index in [1.165, 1.54) is 0 Å². The quantitative estimate of drug-likeness (QED) is 0.754. The highest BCUT2D eigenvalue weighted by atomic mass is 32.2. The van der Waals surface area contributed by atoms with E-state index in [2.05, 4.69) is 9.62 Å². The van der Waals surface area contributed by atoms with E-state index < -0.39 is 10.0 Å². The third-order valence-electron chi connectivity index (χ3n) is 4.14. The van der Waals surface area contributed by atoms with E-state index in [0.717, 1.165) is 38.8 Å². The van der Waals surface area contributed by atoms with Crippen LogP contribution < -0.4 is 4.72 Å². The first kappa shape index (κ1) is 11.6. The van der Waals surface area contributed by atoms with Crippen LogP contribution in [0, 0.1) is 5.92 Å². The summed E-state index contributed by atoms with van der Waals surface area (Å²) in [4.78, 5) is 14.1. The van der Waals surface area contributed by atoms with E-state index >= 15 is 0 Å². The van der Waals surface area contributed by atoms with Crippen molar-refractivity contribution in [3.05, 3.63) is 0 Å². The standard InChI is InChI=1S/C11H18N2O3S/c14-11-8-3-5-13(6-4-8)10(11)7-12-17(15,16)9-1-2-9/h8-10,12H,1-7H2. The molecule has 1 atom stereocenters. The summed E-state index contributed by atoms with van der Waals surface area (Å²) in [6.07, 6.45) is 3.43. The van der Waals surface area contributed by atoms with Crippen molar-refractivity contribution in [2.75, 3.05) is 19.6 Å². The number of nitrogens with one attached hydrogen (secondary N) is 1. The Bertz CT molecular complexity index is 422. The van der Waals surface area contributed by atoms with Crippen molar-refractivity contribution < 1.29 is 13.2 Å². The maximum absolute atomic E-state index is 12.0. The first-order valence-electron chi connectivity index (χ1n) is 6.34. The number of hydrogen-bond donors (Lipinski definition) is 1. The predicted molar refractivity (Wildman–Crippen MR) is 63.0 cm³/mol. The second-order valence-electron chi connectivity index (χ2n) is 5.32. The lowest BCUT2D eigenvalue weighted by Crippen LogP contribution is -2.59. The van der Waals surface area contributed by atoms with Gasteiger partial charge in [0.2, 0.25) is 10.0 Å². The lowest BCUT2D eigenvalue weighted by molar-refractivity contribution is -0.136. The van der Waals surface area contributed by atoms with Gasteiger partial charge in [-0.25, -0.2) is 13.1 Å². The number of ketones is 1. The number of rotatable bonds is 4. The zero-order valence-electron chi connectivity index (χ0n) is 9.76. The lowest BCUT2D eigenvalue weighted by Gasteiger charge is -2.43. The van der Waals surface area contributed by atoms with Crippen LogP contribution in [0.5, 0.6) is 0 Å². The molecule has 5 nitrogen and oxygen atoms in total. The van der Waals surface area contributed by atoms with Crippen molar-refractivity contribution in [1.29, 1.82) is 0 Å². The lowest BCUT2D eigenvalue weighted by atomic mass is 9.82. The number of fused-ring (bicyclic) bond motifs is 3. The minimum Gasteiger partial charge on any atom is -0.298 e. The number of sulfonamides is 1. The summed E-state index contributed by atoms with van der Waals surface area (Å²) in [5.74, 6) is 0.413. The predicted octanol–water partition coefficient (Wildman–Crippen LogP) is -0.268. The molecule has 0 amide bonds. The molecule has 1 saturated carbocycles. The van der Waals surface area contributed by atoms with Crippen molar-refractivity contribution in [2.45, 2.75) is 37.0 Å². The summed E-state index contributed by atoms with van der Waals surface area (Å²) in [6.45, 7) is 2.15. The van der Waals surface area contributed by atoms with Crippen LogP contribution in [0.25, 0.3) is 0 Å². The van der Waals surface area contributed by atoms with Crippen LogP contribution in [0.3, 0.4) is 0 Å². The SMILES string of the molecule is O=C1C2CCN(CC2)C1CNS(=O)(=O)C1CC1. The van der Waals surface area contributed by atoms with Gasteiger partial charge >= 0.3 is 0 Å². The average molecular weight is 258 g/mol. The van der Waals surface area contributed by atoms with Crippen molar-refractivity contribution >= 4 is 15.8 Å². The summed E-state index contributed by atoms with van der Waals surface area (Å²) in [7, 11) is -3.16. The zero-order valence-corrected chi connectivity index (χ0v) is 10.6. The molecule has 0 aromatic carbocycles. The number of nitrogens with zero attached hydrogens (tertiary/aromatic N) is 1. The molecule has 3 aliphatic heterocycles. The molecule has 3 heterocycles. The van der Waals surface area contributed by atoms with Crippen molar-refractivity contribution in [1.82, 2.24) is 9.62 Å². The summed E-state index contributed by atoms with van der Waals surface area (Å²) >= 11 is 0. The number of hydrogen-bond acceptors (Lipinski definition) is 4. The van der Waals surface area contributed by atoms with E-state index in [-0.39, 0.29) is 29.5 Å². The van der Waals surface area contributed by atoms with Gasteiger partial charge < -0.3 is 0 Å². The summed E-state index contributed by atoms with van der Waals surface area (Å²) in [5.41, 5.74) is 0. The highest BCUT2D eigenvalue weighted by Crippen LogP contribution is 2.30. The smallest absolute Gasteiger partial charge is 0.214 e. The molecular formula is C11H18N2O3S. The van der Waals surface area contributed by atoms with E-state index in [4.69, 9.17) is 0 Å². The Morgan fingerprint density at radius 3 is 2.35 bits per heavy atom. The highest BCUT2D eigenvalue weighted by molar-refractivity contribution is 7.90. The minimum atomic E-state index is -3.16. The molecule has 96 valence electrons. The Balaban J connectivity index is 1.63. The van der Waals surface area contributed by atoms with Gasteiger partial charge in [0.15, 0.2) is 5.78 Å². The maximum atomic E-state index is 12.0. The topological polar surface area (TPSA) is 66.5 Å². The largest absolute Gasteiger partial charge is 0.298 e. The normalized spacial score (nSPS) is 37.4. The Morgan fingerprint density at radius 2 is 1.82 bits per heavy atom. The van der Waals surface area contributed by atoms with Crippen LogP contribution in [-0.2, 0) is 14.8 Å². The van der Waals surface area contributed by atoms with E-state index in [1.54, 1.807) is 0 Å².